The van der Waals surface area contributed by atoms with Crippen LogP contribution in [0.2, 0.25) is 0 Å². The van der Waals surface area contributed by atoms with E-state index in [1.165, 1.54) is 28.7 Å². The third kappa shape index (κ3) is 7.84. The van der Waals surface area contributed by atoms with Gasteiger partial charge in [0, 0.05) is 21.1 Å². The van der Waals surface area contributed by atoms with Gasteiger partial charge in [0.2, 0.25) is 5.91 Å². The highest BCUT2D eigenvalue weighted by molar-refractivity contribution is 8.00. The predicted molar refractivity (Wildman–Crippen MR) is 183 cm³/mol. The van der Waals surface area contributed by atoms with Gasteiger partial charge in [-0.15, -0.1) is 23.1 Å². The average Bonchev–Trinajstić information content (AvgIpc) is 3.34. The molecule has 0 fully saturated rings. The fraction of sp³-hybridized carbons (Fsp3) is 0.265. The minimum absolute atomic E-state index is 0.191. The summed E-state index contributed by atoms with van der Waals surface area (Å²) in [6, 6.07) is 25.5. The summed E-state index contributed by atoms with van der Waals surface area (Å²) in [5, 5.41) is 10.1. The molecular formula is C34H35N3O3S3. The van der Waals surface area contributed by atoms with Crippen molar-refractivity contribution < 1.29 is 14.3 Å². The number of rotatable bonds is 9. The van der Waals surface area contributed by atoms with E-state index in [2.05, 4.69) is 22.9 Å². The Balaban J connectivity index is 1.37. The molecule has 5 rings (SSSR count). The van der Waals surface area contributed by atoms with Gasteiger partial charge in [0.1, 0.15) is 10.3 Å². The van der Waals surface area contributed by atoms with Crippen molar-refractivity contribution in [3.63, 3.8) is 0 Å². The van der Waals surface area contributed by atoms with Crippen LogP contribution in [0.3, 0.4) is 0 Å². The van der Waals surface area contributed by atoms with E-state index in [0.29, 0.717) is 21.6 Å². The first-order valence-electron chi connectivity index (χ1n) is 14.4. The Bertz CT molecular complexity index is 1600. The van der Waals surface area contributed by atoms with Crippen LogP contribution >= 0.6 is 35.3 Å². The van der Waals surface area contributed by atoms with Gasteiger partial charge in [0.15, 0.2) is 5.11 Å². The summed E-state index contributed by atoms with van der Waals surface area (Å²) in [7, 11) is 0. The number of ether oxygens (including phenoxy) is 1. The Kier molecular flexibility index (Phi) is 10.2. The molecule has 1 amide bonds. The second-order valence-electron chi connectivity index (χ2n) is 10.6. The van der Waals surface area contributed by atoms with Gasteiger partial charge in [0.05, 0.1) is 12.2 Å². The summed E-state index contributed by atoms with van der Waals surface area (Å²) < 4.78 is 5.42. The minimum Gasteiger partial charge on any atom is -0.462 e. The minimum atomic E-state index is -0.554. The molecule has 0 saturated carbocycles. The molecule has 6 nitrogen and oxygen atoms in total. The highest BCUT2D eigenvalue weighted by Gasteiger charge is 2.31. The second kappa shape index (κ2) is 14.2. The van der Waals surface area contributed by atoms with Gasteiger partial charge in [-0.25, -0.2) is 4.79 Å². The van der Waals surface area contributed by atoms with Gasteiger partial charge < -0.3 is 20.7 Å². The van der Waals surface area contributed by atoms with E-state index in [1.54, 1.807) is 6.92 Å². The number of anilines is 3. The molecule has 43 heavy (non-hydrogen) atoms. The fourth-order valence-electron chi connectivity index (χ4n) is 5.05. The number of thiophene rings is 1. The van der Waals surface area contributed by atoms with Crippen LogP contribution in [0.25, 0.3) is 0 Å². The molecule has 0 bridgehead atoms. The number of hydrogen-bond donors (Lipinski definition) is 3. The van der Waals surface area contributed by atoms with E-state index < -0.39 is 5.25 Å². The first-order valence-corrected chi connectivity index (χ1v) is 16.5. The van der Waals surface area contributed by atoms with Crippen molar-refractivity contribution in [2.45, 2.75) is 50.2 Å². The summed E-state index contributed by atoms with van der Waals surface area (Å²) in [5.41, 5.74) is 5.30. The van der Waals surface area contributed by atoms with Gasteiger partial charge in [-0.2, -0.15) is 0 Å². The van der Waals surface area contributed by atoms with Crippen molar-refractivity contribution in [3.05, 3.63) is 106 Å². The monoisotopic (exact) mass is 629 g/mol. The zero-order valence-corrected chi connectivity index (χ0v) is 26.9. The van der Waals surface area contributed by atoms with Crippen molar-refractivity contribution in [1.82, 2.24) is 0 Å². The first-order chi connectivity index (χ1) is 20.8. The number of nitrogens with one attached hydrogen (secondary N) is 3. The number of esters is 1. The van der Waals surface area contributed by atoms with Crippen LogP contribution in [0.15, 0.2) is 83.8 Å². The Morgan fingerprint density at radius 1 is 1.00 bits per heavy atom. The smallest absolute Gasteiger partial charge is 0.341 e. The molecular weight excluding hydrogens is 595 g/mol. The maximum Gasteiger partial charge on any atom is 0.341 e. The Morgan fingerprint density at radius 2 is 1.74 bits per heavy atom. The number of carbonyl (C=O) groups excluding carboxylic acids is 2. The van der Waals surface area contributed by atoms with E-state index in [4.69, 9.17) is 17.0 Å². The van der Waals surface area contributed by atoms with E-state index >= 15 is 0 Å². The number of benzene rings is 3. The number of fused-ring (bicyclic) bond motifs is 1. The first kappa shape index (κ1) is 30.8. The van der Waals surface area contributed by atoms with E-state index in [0.717, 1.165) is 51.5 Å². The molecule has 1 aliphatic carbocycles. The Morgan fingerprint density at radius 3 is 2.49 bits per heavy atom. The third-order valence-corrected chi connectivity index (χ3v) is 9.85. The van der Waals surface area contributed by atoms with Crippen LogP contribution in [-0.4, -0.2) is 23.6 Å². The number of aryl methyl sites for hydroxylation is 1. The van der Waals surface area contributed by atoms with Crippen molar-refractivity contribution in [1.29, 1.82) is 0 Å². The maximum absolute atomic E-state index is 14.0. The third-order valence-electron chi connectivity index (χ3n) is 7.22. The Hall–Kier alpha value is -3.66. The molecule has 0 radical (unpaired) electrons. The molecule has 0 aliphatic heterocycles. The van der Waals surface area contributed by atoms with Crippen LogP contribution in [0.5, 0.6) is 0 Å². The standard InChI is InChI=1S/C34H35N3O3S3/c1-4-40-33(39)29-27-18-15-22(3)19-28(27)43-32(29)37-31(38)30(23-9-6-5-7-10-23)42-26-12-8-11-25(20-26)36-34(41)35-24-16-13-21(2)14-17-24/h5-14,16-17,20,22,30H,4,15,18-19H2,1-3H3,(H,37,38)(H2,35,36,41). The van der Waals surface area contributed by atoms with Crippen molar-refractivity contribution in [2.24, 2.45) is 5.92 Å². The highest BCUT2D eigenvalue weighted by Crippen LogP contribution is 2.42. The zero-order chi connectivity index (χ0) is 30.3. The lowest BCUT2D eigenvalue weighted by Crippen LogP contribution is -2.21. The molecule has 3 aromatic carbocycles. The lowest BCUT2D eigenvalue weighted by molar-refractivity contribution is -0.115. The van der Waals surface area contributed by atoms with Crippen LogP contribution < -0.4 is 16.0 Å². The zero-order valence-electron chi connectivity index (χ0n) is 24.4. The maximum atomic E-state index is 14.0. The highest BCUT2D eigenvalue weighted by atomic mass is 32.2. The Labute approximate surface area is 266 Å². The SMILES string of the molecule is CCOC(=O)c1c(NC(=O)C(Sc2cccc(NC(=S)Nc3ccc(C)cc3)c2)c2ccccc2)sc2c1CCC(C)C2. The van der Waals surface area contributed by atoms with E-state index in [-0.39, 0.29) is 18.5 Å². The molecule has 222 valence electrons. The largest absolute Gasteiger partial charge is 0.462 e. The van der Waals surface area contributed by atoms with Crippen molar-refractivity contribution in [2.75, 3.05) is 22.6 Å². The number of hydrogen-bond acceptors (Lipinski definition) is 6. The molecule has 1 aromatic heterocycles. The summed E-state index contributed by atoms with van der Waals surface area (Å²) in [4.78, 5) is 29.1. The number of thioether (sulfide) groups is 1. The van der Waals surface area contributed by atoms with Crippen LogP contribution in [0, 0.1) is 12.8 Å². The van der Waals surface area contributed by atoms with Gasteiger partial charge in [-0.1, -0.05) is 61.0 Å². The number of amides is 1. The second-order valence-corrected chi connectivity index (χ2v) is 13.3. The topological polar surface area (TPSA) is 79.5 Å². The lowest BCUT2D eigenvalue weighted by Gasteiger charge is -2.19. The molecule has 0 spiro atoms. The van der Waals surface area contributed by atoms with Gasteiger partial charge in [-0.05, 0) is 92.7 Å². The fourth-order valence-corrected chi connectivity index (χ4v) is 7.77. The predicted octanol–water partition coefficient (Wildman–Crippen LogP) is 8.64. The molecule has 4 aromatic rings. The van der Waals surface area contributed by atoms with Crippen LogP contribution in [-0.2, 0) is 22.4 Å². The number of carbonyl (C=O) groups is 2. The van der Waals surface area contributed by atoms with Crippen LogP contribution in [0.1, 0.15) is 57.4 Å². The van der Waals surface area contributed by atoms with Crippen molar-refractivity contribution in [3.8, 4) is 0 Å². The molecule has 2 atom stereocenters. The molecule has 0 saturated heterocycles. The normalized spacial score (nSPS) is 14.7. The summed E-state index contributed by atoms with van der Waals surface area (Å²) in [6.45, 7) is 6.35. The molecule has 3 N–H and O–H groups in total. The van der Waals surface area contributed by atoms with Crippen molar-refractivity contribution >= 4 is 68.7 Å². The van der Waals surface area contributed by atoms with Gasteiger partial charge in [-0.3, -0.25) is 4.79 Å². The van der Waals surface area contributed by atoms with E-state index in [9.17, 15) is 9.59 Å². The van der Waals surface area contributed by atoms with Gasteiger partial charge >= 0.3 is 5.97 Å². The summed E-state index contributed by atoms with van der Waals surface area (Å²) in [6.07, 6.45) is 2.73. The molecule has 1 aliphatic rings. The molecule has 9 heteroatoms. The summed E-state index contributed by atoms with van der Waals surface area (Å²) >= 11 is 8.49. The average molecular weight is 630 g/mol. The molecule has 1 heterocycles. The quantitative estimate of drug-likeness (QED) is 0.0972. The van der Waals surface area contributed by atoms with Gasteiger partial charge in [0.25, 0.3) is 0 Å². The van der Waals surface area contributed by atoms with E-state index in [1.807, 2.05) is 85.8 Å². The number of thiocarbonyl (C=S) groups is 1. The lowest BCUT2D eigenvalue weighted by atomic mass is 9.88. The molecule has 2 unspecified atom stereocenters. The van der Waals surface area contributed by atoms with Crippen LogP contribution in [0.4, 0.5) is 16.4 Å². The summed E-state index contributed by atoms with van der Waals surface area (Å²) in [5.74, 6) is -0.0238.